The molecule has 0 saturated carbocycles. The fraction of sp³-hybridized carbons (Fsp3) is 0.125. The lowest BCUT2D eigenvalue weighted by atomic mass is 10.2. The molecule has 0 unspecified atom stereocenters. The van der Waals surface area contributed by atoms with E-state index in [1.807, 2.05) is 0 Å². The number of carbonyl (C=O) groups excluding carboxylic acids is 2. The van der Waals surface area contributed by atoms with Gasteiger partial charge in [-0.25, -0.2) is 4.39 Å². The highest BCUT2D eigenvalue weighted by Crippen LogP contribution is 2.14. The van der Waals surface area contributed by atoms with E-state index in [0.717, 1.165) is 5.56 Å². The first-order valence-electron chi connectivity index (χ1n) is 6.60. The van der Waals surface area contributed by atoms with Gasteiger partial charge in [-0.05, 0) is 29.3 Å². The molecule has 114 valence electrons. The van der Waals surface area contributed by atoms with E-state index < -0.39 is 11.8 Å². The number of hydrogen-bond acceptors (Lipinski definition) is 2. The van der Waals surface area contributed by atoms with Crippen LogP contribution in [0.15, 0.2) is 48.5 Å². The Balaban J connectivity index is 1.81. The third-order valence-electron chi connectivity index (χ3n) is 2.97. The van der Waals surface area contributed by atoms with Crippen molar-refractivity contribution in [1.29, 1.82) is 0 Å². The van der Waals surface area contributed by atoms with Gasteiger partial charge in [-0.3, -0.25) is 9.59 Å². The fourth-order valence-electron chi connectivity index (χ4n) is 1.76. The normalized spacial score (nSPS) is 10.1. The van der Waals surface area contributed by atoms with Gasteiger partial charge in [0.25, 0.3) is 0 Å². The standard InChI is InChI=1S/C16H14ClFN2O2/c17-14-4-2-1-3-12(14)10-20-16(22)15(21)19-9-11-5-7-13(18)8-6-11/h1-8H,9-10H2,(H,19,21)(H,20,22). The third-order valence-corrected chi connectivity index (χ3v) is 3.34. The van der Waals surface area contributed by atoms with Gasteiger partial charge < -0.3 is 10.6 Å². The van der Waals surface area contributed by atoms with Crippen molar-refractivity contribution >= 4 is 23.4 Å². The number of carbonyl (C=O) groups is 2. The summed E-state index contributed by atoms with van der Waals surface area (Å²) in [6.07, 6.45) is 0. The van der Waals surface area contributed by atoms with Crippen LogP contribution in [0.5, 0.6) is 0 Å². The molecule has 2 N–H and O–H groups in total. The predicted octanol–water partition coefficient (Wildman–Crippen LogP) is 2.41. The van der Waals surface area contributed by atoms with Crippen LogP contribution in [0.4, 0.5) is 4.39 Å². The first-order valence-corrected chi connectivity index (χ1v) is 6.98. The molecule has 0 spiro atoms. The maximum absolute atomic E-state index is 12.7. The van der Waals surface area contributed by atoms with Gasteiger partial charge in [-0.2, -0.15) is 0 Å². The molecule has 0 aliphatic heterocycles. The topological polar surface area (TPSA) is 58.2 Å². The fourth-order valence-corrected chi connectivity index (χ4v) is 1.96. The molecule has 2 rings (SSSR count). The second-order valence-corrected chi connectivity index (χ2v) is 4.99. The zero-order valence-electron chi connectivity index (χ0n) is 11.6. The molecule has 2 amide bonds. The van der Waals surface area contributed by atoms with Crippen molar-refractivity contribution in [2.75, 3.05) is 0 Å². The first-order chi connectivity index (χ1) is 10.6. The SMILES string of the molecule is O=C(NCc1ccc(F)cc1)C(=O)NCc1ccccc1Cl. The van der Waals surface area contributed by atoms with Crippen LogP contribution >= 0.6 is 11.6 Å². The molecule has 6 heteroatoms. The van der Waals surface area contributed by atoms with E-state index in [1.54, 1.807) is 24.3 Å². The van der Waals surface area contributed by atoms with Crippen molar-refractivity contribution in [2.24, 2.45) is 0 Å². The lowest BCUT2D eigenvalue weighted by molar-refractivity contribution is -0.139. The van der Waals surface area contributed by atoms with Crippen LogP contribution in [0, 0.1) is 5.82 Å². The molecule has 0 fully saturated rings. The van der Waals surface area contributed by atoms with E-state index in [0.29, 0.717) is 10.6 Å². The highest BCUT2D eigenvalue weighted by atomic mass is 35.5. The molecular weight excluding hydrogens is 307 g/mol. The lowest BCUT2D eigenvalue weighted by Crippen LogP contribution is -2.39. The van der Waals surface area contributed by atoms with Gasteiger partial charge in [0.2, 0.25) is 0 Å². The third kappa shape index (κ3) is 4.56. The molecule has 0 aromatic heterocycles. The zero-order chi connectivity index (χ0) is 15.9. The van der Waals surface area contributed by atoms with E-state index in [-0.39, 0.29) is 18.9 Å². The second kappa shape index (κ2) is 7.56. The summed E-state index contributed by atoms with van der Waals surface area (Å²) in [6, 6.07) is 12.7. The van der Waals surface area contributed by atoms with Crippen molar-refractivity contribution in [3.8, 4) is 0 Å². The highest BCUT2D eigenvalue weighted by Gasteiger charge is 2.13. The highest BCUT2D eigenvalue weighted by molar-refractivity contribution is 6.35. The molecule has 0 saturated heterocycles. The number of halogens is 2. The Kier molecular flexibility index (Phi) is 5.49. The summed E-state index contributed by atoms with van der Waals surface area (Å²) in [5.41, 5.74) is 1.43. The largest absolute Gasteiger partial charge is 0.344 e. The van der Waals surface area contributed by atoms with E-state index in [2.05, 4.69) is 10.6 Å². The number of benzene rings is 2. The first kappa shape index (κ1) is 16.0. The predicted molar refractivity (Wildman–Crippen MR) is 81.5 cm³/mol. The van der Waals surface area contributed by atoms with Gasteiger partial charge in [0, 0.05) is 18.1 Å². The van der Waals surface area contributed by atoms with Gasteiger partial charge >= 0.3 is 11.8 Å². The second-order valence-electron chi connectivity index (χ2n) is 4.58. The molecular formula is C16H14ClFN2O2. The zero-order valence-corrected chi connectivity index (χ0v) is 12.4. The summed E-state index contributed by atoms with van der Waals surface area (Å²) in [5.74, 6) is -1.86. The lowest BCUT2D eigenvalue weighted by Gasteiger charge is -2.08. The monoisotopic (exact) mass is 320 g/mol. The molecule has 0 radical (unpaired) electrons. The molecule has 2 aromatic rings. The van der Waals surface area contributed by atoms with Crippen LogP contribution < -0.4 is 10.6 Å². The number of nitrogens with one attached hydrogen (secondary N) is 2. The minimum absolute atomic E-state index is 0.151. The Morgan fingerprint density at radius 1 is 0.909 bits per heavy atom. The Morgan fingerprint density at radius 2 is 1.50 bits per heavy atom. The maximum Gasteiger partial charge on any atom is 0.309 e. The Bertz CT molecular complexity index is 674. The van der Waals surface area contributed by atoms with E-state index in [1.165, 1.54) is 24.3 Å². The molecule has 0 aliphatic carbocycles. The minimum Gasteiger partial charge on any atom is -0.344 e. The van der Waals surface area contributed by atoms with Crippen LogP contribution in [0.1, 0.15) is 11.1 Å². The summed E-state index contributed by atoms with van der Waals surface area (Å²) in [4.78, 5) is 23.3. The average molecular weight is 321 g/mol. The Labute approximate surface area is 132 Å². The van der Waals surface area contributed by atoms with E-state index in [9.17, 15) is 14.0 Å². The van der Waals surface area contributed by atoms with Crippen LogP contribution in [0.2, 0.25) is 5.02 Å². The average Bonchev–Trinajstić information content (AvgIpc) is 2.53. The van der Waals surface area contributed by atoms with E-state index >= 15 is 0 Å². The summed E-state index contributed by atoms with van der Waals surface area (Å²) >= 11 is 5.96. The van der Waals surface area contributed by atoms with Crippen LogP contribution in [0.25, 0.3) is 0 Å². The number of hydrogen-bond donors (Lipinski definition) is 2. The van der Waals surface area contributed by atoms with Crippen molar-refractivity contribution in [2.45, 2.75) is 13.1 Å². The van der Waals surface area contributed by atoms with Gasteiger partial charge in [0.15, 0.2) is 0 Å². The molecule has 0 aliphatic rings. The molecule has 22 heavy (non-hydrogen) atoms. The molecule has 4 nitrogen and oxygen atoms in total. The van der Waals surface area contributed by atoms with Gasteiger partial charge in [0.05, 0.1) is 0 Å². The van der Waals surface area contributed by atoms with Crippen molar-refractivity contribution in [3.05, 3.63) is 70.5 Å². The minimum atomic E-state index is -0.753. The van der Waals surface area contributed by atoms with E-state index in [4.69, 9.17) is 11.6 Å². The van der Waals surface area contributed by atoms with Gasteiger partial charge in [-0.15, -0.1) is 0 Å². The maximum atomic E-state index is 12.7. The quantitative estimate of drug-likeness (QED) is 0.850. The Hall–Kier alpha value is -2.40. The molecule has 2 aromatic carbocycles. The van der Waals surface area contributed by atoms with Gasteiger partial charge in [-0.1, -0.05) is 41.9 Å². The number of rotatable bonds is 4. The number of amides is 2. The van der Waals surface area contributed by atoms with Crippen LogP contribution in [-0.4, -0.2) is 11.8 Å². The van der Waals surface area contributed by atoms with Crippen molar-refractivity contribution in [3.63, 3.8) is 0 Å². The van der Waals surface area contributed by atoms with Crippen molar-refractivity contribution in [1.82, 2.24) is 10.6 Å². The molecule has 0 bridgehead atoms. The van der Waals surface area contributed by atoms with Crippen molar-refractivity contribution < 1.29 is 14.0 Å². The summed E-state index contributed by atoms with van der Waals surface area (Å²) in [7, 11) is 0. The summed E-state index contributed by atoms with van der Waals surface area (Å²) < 4.78 is 12.7. The van der Waals surface area contributed by atoms with Crippen LogP contribution in [0.3, 0.4) is 0 Å². The van der Waals surface area contributed by atoms with Gasteiger partial charge in [0.1, 0.15) is 5.82 Å². The molecule has 0 heterocycles. The smallest absolute Gasteiger partial charge is 0.309 e. The summed E-state index contributed by atoms with van der Waals surface area (Å²) in [5, 5.41) is 5.47. The van der Waals surface area contributed by atoms with Crippen LogP contribution in [-0.2, 0) is 22.7 Å². The summed E-state index contributed by atoms with van der Waals surface area (Å²) in [6.45, 7) is 0.321. The Morgan fingerprint density at radius 3 is 2.14 bits per heavy atom. The molecule has 0 atom stereocenters.